The third-order valence-corrected chi connectivity index (χ3v) is 3.94. The fourth-order valence-electron chi connectivity index (χ4n) is 1.70. The van der Waals surface area contributed by atoms with E-state index in [1.807, 2.05) is 19.2 Å². The Morgan fingerprint density at radius 1 is 1.56 bits per heavy atom. The van der Waals surface area contributed by atoms with Crippen LogP contribution in [0.2, 0.25) is 0 Å². The Balaban J connectivity index is 0.00000162. The number of aryl methyl sites for hydroxylation is 1. The molecule has 7 heteroatoms. The van der Waals surface area contributed by atoms with Crippen LogP contribution in [0, 0.1) is 18.8 Å². The first-order valence-corrected chi connectivity index (χ1v) is 6.30. The van der Waals surface area contributed by atoms with Crippen molar-refractivity contribution < 1.29 is 44.3 Å². The van der Waals surface area contributed by atoms with Crippen molar-refractivity contribution in [2.75, 3.05) is 0 Å². The van der Waals surface area contributed by atoms with Gasteiger partial charge in [0.05, 0.1) is 6.04 Å². The third kappa shape index (κ3) is 3.54. The molecule has 18 heavy (non-hydrogen) atoms. The number of hydrogen-bond acceptors (Lipinski definition) is 5. The molecule has 1 aliphatic rings. The summed E-state index contributed by atoms with van der Waals surface area (Å²) in [5, 5.41) is 16.1. The summed E-state index contributed by atoms with van der Waals surface area (Å²) in [6, 6.07) is -0.177. The van der Waals surface area contributed by atoms with Crippen LogP contribution in [0.5, 0.6) is 0 Å². The Hall–Kier alpha value is -0.430. The van der Waals surface area contributed by atoms with E-state index in [1.165, 1.54) is 11.3 Å². The molecule has 1 saturated carbocycles. The van der Waals surface area contributed by atoms with Crippen molar-refractivity contribution in [1.29, 1.82) is 0 Å². The van der Waals surface area contributed by atoms with E-state index in [-0.39, 0.29) is 41.5 Å². The van der Waals surface area contributed by atoms with Gasteiger partial charge < -0.3 is 15.2 Å². The third-order valence-electron chi connectivity index (χ3n) is 2.80. The van der Waals surface area contributed by atoms with Gasteiger partial charge in [0, 0.05) is 28.9 Å². The zero-order valence-electron chi connectivity index (χ0n) is 10.6. The van der Waals surface area contributed by atoms with Crippen LogP contribution in [-0.4, -0.2) is 16.9 Å². The molecule has 0 aromatic carbocycles. The maximum absolute atomic E-state index is 11.7. The van der Waals surface area contributed by atoms with Gasteiger partial charge in [-0.05, 0) is 20.3 Å². The van der Waals surface area contributed by atoms with E-state index in [0.29, 0.717) is 6.42 Å². The number of amides is 1. The molecule has 2 rings (SSSR count). The molecule has 92 valence electrons. The number of rotatable bonds is 4. The van der Waals surface area contributed by atoms with Crippen LogP contribution < -0.4 is 40.0 Å². The van der Waals surface area contributed by atoms with Crippen LogP contribution >= 0.6 is 11.3 Å². The average molecular weight is 276 g/mol. The van der Waals surface area contributed by atoms with Gasteiger partial charge in [-0.25, -0.2) is 4.98 Å². The van der Waals surface area contributed by atoms with E-state index in [9.17, 15) is 14.7 Å². The molecule has 1 amide bonds. The molecule has 0 aliphatic heterocycles. The van der Waals surface area contributed by atoms with Crippen molar-refractivity contribution in [3.05, 3.63) is 16.1 Å². The van der Waals surface area contributed by atoms with Crippen molar-refractivity contribution in [3.63, 3.8) is 0 Å². The summed E-state index contributed by atoms with van der Waals surface area (Å²) in [5.41, 5.74) is 0.921. The normalized spacial score (nSPS) is 22.8. The van der Waals surface area contributed by atoms with Crippen LogP contribution in [0.15, 0.2) is 5.38 Å². The largest absolute Gasteiger partial charge is 1.00 e. The second kappa shape index (κ2) is 6.14. The Labute approximate surface area is 131 Å². The van der Waals surface area contributed by atoms with Crippen molar-refractivity contribution in [1.82, 2.24) is 10.3 Å². The number of thiazole rings is 1. The van der Waals surface area contributed by atoms with Gasteiger partial charge in [-0.15, -0.1) is 11.3 Å². The summed E-state index contributed by atoms with van der Waals surface area (Å²) < 4.78 is 0. The number of aliphatic carboxylic acids is 1. The van der Waals surface area contributed by atoms with Crippen LogP contribution in [0.3, 0.4) is 0 Å². The first-order valence-electron chi connectivity index (χ1n) is 5.42. The molecule has 1 heterocycles. The minimum absolute atomic E-state index is 0. The van der Waals surface area contributed by atoms with Crippen LogP contribution in [0.25, 0.3) is 0 Å². The number of nitrogens with one attached hydrogen (secondary N) is 1. The SMILES string of the molecule is Cc1csc(C(C)NC(=O)[C@@H]2C[C@@H]2C(=O)[O-])n1.[Na+]. The van der Waals surface area contributed by atoms with E-state index < -0.39 is 17.8 Å². The summed E-state index contributed by atoms with van der Waals surface area (Å²) in [4.78, 5) is 26.5. The van der Waals surface area contributed by atoms with E-state index in [1.54, 1.807) is 0 Å². The fourth-order valence-corrected chi connectivity index (χ4v) is 2.50. The molecule has 1 N–H and O–H groups in total. The summed E-state index contributed by atoms with van der Waals surface area (Å²) in [5.74, 6) is -2.40. The number of hydrogen-bond donors (Lipinski definition) is 1. The van der Waals surface area contributed by atoms with E-state index in [0.717, 1.165) is 10.7 Å². The fraction of sp³-hybridized carbons (Fsp3) is 0.545. The minimum atomic E-state index is -1.14. The van der Waals surface area contributed by atoms with Crippen molar-refractivity contribution in [3.8, 4) is 0 Å². The second-order valence-corrected chi connectivity index (χ2v) is 5.21. The van der Waals surface area contributed by atoms with Gasteiger partial charge in [-0.2, -0.15) is 0 Å². The van der Waals surface area contributed by atoms with Gasteiger partial charge in [0.25, 0.3) is 0 Å². The first kappa shape index (κ1) is 15.6. The molecule has 1 fully saturated rings. The molecule has 1 unspecified atom stereocenters. The quantitative estimate of drug-likeness (QED) is 0.595. The molecule has 0 radical (unpaired) electrons. The predicted molar refractivity (Wildman–Crippen MR) is 60.0 cm³/mol. The van der Waals surface area contributed by atoms with E-state index in [4.69, 9.17) is 0 Å². The Morgan fingerprint density at radius 2 is 2.22 bits per heavy atom. The van der Waals surface area contributed by atoms with Crippen molar-refractivity contribution in [2.24, 2.45) is 11.8 Å². The van der Waals surface area contributed by atoms with Crippen molar-refractivity contribution in [2.45, 2.75) is 26.3 Å². The zero-order valence-corrected chi connectivity index (χ0v) is 13.4. The van der Waals surface area contributed by atoms with Gasteiger partial charge in [-0.3, -0.25) is 4.79 Å². The van der Waals surface area contributed by atoms with Crippen molar-refractivity contribution >= 4 is 23.2 Å². The Kier molecular flexibility index (Phi) is 5.33. The van der Waals surface area contributed by atoms with Gasteiger partial charge in [0.2, 0.25) is 5.91 Å². The number of carboxylic acid groups (broad SMARTS) is 1. The van der Waals surface area contributed by atoms with Gasteiger partial charge in [-0.1, -0.05) is 0 Å². The zero-order chi connectivity index (χ0) is 12.6. The number of aromatic nitrogens is 1. The molecule has 1 aromatic heterocycles. The van der Waals surface area contributed by atoms with Crippen LogP contribution in [0.1, 0.15) is 30.1 Å². The van der Waals surface area contributed by atoms with Gasteiger partial charge >= 0.3 is 29.6 Å². The number of carbonyl (C=O) groups excluding carboxylic acids is 2. The summed E-state index contributed by atoms with van der Waals surface area (Å²) in [6.45, 7) is 3.73. The van der Waals surface area contributed by atoms with Crippen LogP contribution in [-0.2, 0) is 9.59 Å². The standard InChI is InChI=1S/C11H14N2O3S.Na/c1-5-4-17-10(12-5)6(2)13-9(14)7-3-8(7)11(15)16;/h4,6-8H,3H2,1-2H3,(H,13,14)(H,15,16);/q;+1/p-1/t6?,7-,8+;/m1./s1. The molecule has 0 saturated heterocycles. The number of nitrogens with zero attached hydrogens (tertiary/aromatic N) is 1. The minimum Gasteiger partial charge on any atom is -0.550 e. The topological polar surface area (TPSA) is 82.1 Å². The average Bonchev–Trinajstić information content (AvgIpc) is 2.95. The monoisotopic (exact) mass is 276 g/mol. The predicted octanol–water partition coefficient (Wildman–Crippen LogP) is -2.98. The van der Waals surface area contributed by atoms with Crippen LogP contribution in [0.4, 0.5) is 0 Å². The molecule has 1 aromatic rings. The maximum atomic E-state index is 11.7. The van der Waals surface area contributed by atoms with E-state index >= 15 is 0 Å². The first-order chi connectivity index (χ1) is 7.99. The molecular formula is C11H13N2NaO3S. The number of carbonyl (C=O) groups is 2. The summed E-state index contributed by atoms with van der Waals surface area (Å²) in [6.07, 6.45) is 0.387. The number of carboxylic acids is 1. The molecular weight excluding hydrogens is 263 g/mol. The molecule has 5 nitrogen and oxygen atoms in total. The molecule has 3 atom stereocenters. The molecule has 0 spiro atoms. The van der Waals surface area contributed by atoms with Gasteiger partial charge in [0.1, 0.15) is 5.01 Å². The summed E-state index contributed by atoms with van der Waals surface area (Å²) >= 11 is 1.48. The Bertz CT molecular complexity index is 463. The molecule has 1 aliphatic carbocycles. The smallest absolute Gasteiger partial charge is 0.550 e. The maximum Gasteiger partial charge on any atom is 1.00 e. The summed E-state index contributed by atoms with van der Waals surface area (Å²) in [7, 11) is 0. The van der Waals surface area contributed by atoms with E-state index in [2.05, 4.69) is 10.3 Å². The molecule has 0 bridgehead atoms. The van der Waals surface area contributed by atoms with Gasteiger partial charge in [0.15, 0.2) is 0 Å². The second-order valence-electron chi connectivity index (χ2n) is 4.33. The Morgan fingerprint density at radius 3 is 2.67 bits per heavy atom.